The van der Waals surface area contributed by atoms with Crippen LogP contribution in [-0.4, -0.2) is 0 Å². The monoisotopic (exact) mass is 540 g/mol. The normalized spacial score (nSPS) is 10.8. The van der Waals surface area contributed by atoms with Crippen molar-refractivity contribution in [3.63, 3.8) is 0 Å². The van der Waals surface area contributed by atoms with Crippen molar-refractivity contribution < 1.29 is 17.6 Å². The van der Waals surface area contributed by atoms with Crippen molar-refractivity contribution in [1.29, 1.82) is 10.5 Å². The molecule has 0 bridgehead atoms. The fraction of sp³-hybridized carbons (Fsp3) is 0.235. The van der Waals surface area contributed by atoms with Crippen LogP contribution in [0.25, 0.3) is 22.3 Å². The van der Waals surface area contributed by atoms with E-state index in [0.29, 0.717) is 22.3 Å². The van der Waals surface area contributed by atoms with E-state index in [1.165, 1.54) is 36.4 Å². The molecule has 202 valence electrons. The van der Waals surface area contributed by atoms with Crippen LogP contribution in [0.15, 0.2) is 72.8 Å². The summed E-state index contributed by atoms with van der Waals surface area (Å²) >= 11 is 0. The maximum Gasteiger partial charge on any atom is 0.141 e. The highest BCUT2D eigenvalue weighted by molar-refractivity contribution is 5.66. The molecule has 4 aromatic carbocycles. The van der Waals surface area contributed by atoms with Gasteiger partial charge in [-0.25, -0.2) is 17.6 Å². The minimum Gasteiger partial charge on any atom is -0.206 e. The van der Waals surface area contributed by atoms with Gasteiger partial charge in [0.2, 0.25) is 0 Å². The summed E-state index contributed by atoms with van der Waals surface area (Å²) in [5.41, 5.74) is 3.08. The summed E-state index contributed by atoms with van der Waals surface area (Å²) in [5.74, 6) is -2.14. The molecule has 0 heterocycles. The molecule has 0 saturated heterocycles. The Labute approximate surface area is 232 Å². The predicted octanol–water partition coefficient (Wildman–Crippen LogP) is 9.45. The van der Waals surface area contributed by atoms with Crippen molar-refractivity contribution in [3.05, 3.63) is 118 Å². The number of nitriles is 2. The number of hydrogen-bond acceptors (Lipinski definition) is 2. The zero-order valence-corrected chi connectivity index (χ0v) is 22.0. The van der Waals surface area contributed by atoms with Gasteiger partial charge in [-0.2, -0.15) is 10.5 Å². The molecule has 6 heteroatoms. The van der Waals surface area contributed by atoms with Crippen molar-refractivity contribution in [2.24, 2.45) is 0 Å². The van der Waals surface area contributed by atoms with Gasteiger partial charge in [0.25, 0.3) is 0 Å². The van der Waals surface area contributed by atoms with E-state index >= 15 is 0 Å². The van der Waals surface area contributed by atoms with Gasteiger partial charge in [-0.15, -0.1) is 0 Å². The first kappa shape index (κ1) is 28.6. The molecule has 0 aliphatic heterocycles. The van der Waals surface area contributed by atoms with Crippen molar-refractivity contribution >= 4 is 0 Å². The van der Waals surface area contributed by atoms with Gasteiger partial charge in [-0.3, -0.25) is 0 Å². The molecule has 0 aliphatic carbocycles. The lowest BCUT2D eigenvalue weighted by molar-refractivity contribution is 0.589. The summed E-state index contributed by atoms with van der Waals surface area (Å²) < 4.78 is 57.1. The second-order valence-corrected chi connectivity index (χ2v) is 9.86. The van der Waals surface area contributed by atoms with E-state index in [2.05, 4.69) is 0 Å². The van der Waals surface area contributed by atoms with Gasteiger partial charge in [0.15, 0.2) is 0 Å². The quantitative estimate of drug-likeness (QED) is 0.141. The van der Waals surface area contributed by atoms with E-state index in [4.69, 9.17) is 10.5 Å². The molecule has 40 heavy (non-hydrogen) atoms. The smallest absolute Gasteiger partial charge is 0.141 e. The van der Waals surface area contributed by atoms with Crippen LogP contribution < -0.4 is 0 Å². The molecule has 0 unspecified atom stereocenters. The highest BCUT2D eigenvalue weighted by Gasteiger charge is 2.11. The largest absolute Gasteiger partial charge is 0.206 e. The number of halogens is 4. The fourth-order valence-corrected chi connectivity index (χ4v) is 4.81. The Balaban J connectivity index is 1.16. The highest BCUT2D eigenvalue weighted by Crippen LogP contribution is 2.27. The van der Waals surface area contributed by atoms with Crippen LogP contribution in [0.2, 0.25) is 0 Å². The van der Waals surface area contributed by atoms with Gasteiger partial charge in [0.1, 0.15) is 35.4 Å². The van der Waals surface area contributed by atoms with Crippen molar-refractivity contribution in [2.75, 3.05) is 0 Å². The number of aryl methyl sites for hydroxylation is 2. The molecule has 0 spiro atoms. The number of unbranched alkanes of at least 4 members (excludes halogenated alkanes) is 5. The van der Waals surface area contributed by atoms with Gasteiger partial charge in [-0.1, -0.05) is 62.1 Å². The first-order valence-electron chi connectivity index (χ1n) is 13.4. The van der Waals surface area contributed by atoms with Crippen LogP contribution in [0, 0.1) is 45.9 Å². The van der Waals surface area contributed by atoms with Gasteiger partial charge in [0.05, 0.1) is 11.1 Å². The molecule has 0 atom stereocenters. The average Bonchev–Trinajstić information content (AvgIpc) is 2.94. The second-order valence-electron chi connectivity index (χ2n) is 9.86. The maximum atomic E-state index is 14.6. The number of hydrogen-bond donors (Lipinski definition) is 0. The number of nitrogens with zero attached hydrogens (tertiary/aromatic N) is 2. The minimum atomic E-state index is -0.661. The molecule has 0 radical (unpaired) electrons. The molecule has 0 aromatic heterocycles. The number of rotatable bonds is 11. The Morgan fingerprint density at radius 3 is 1.20 bits per heavy atom. The van der Waals surface area contributed by atoms with E-state index < -0.39 is 23.3 Å². The zero-order chi connectivity index (χ0) is 28.5. The van der Waals surface area contributed by atoms with Crippen LogP contribution in [0.5, 0.6) is 0 Å². The zero-order valence-electron chi connectivity index (χ0n) is 22.0. The summed E-state index contributed by atoms with van der Waals surface area (Å²) in [6.45, 7) is 0. The van der Waals surface area contributed by atoms with E-state index in [9.17, 15) is 17.6 Å². The number of benzene rings is 4. The summed E-state index contributed by atoms with van der Waals surface area (Å²) in [7, 11) is 0. The Hall–Kier alpha value is -4.42. The SMILES string of the molecule is N#Cc1ccc(-c2ccc(CCCCCCCCc3ccc(-c4ccc(C#N)c(F)c4)c(F)c3)cc2F)cc1F. The lowest BCUT2D eigenvalue weighted by Gasteiger charge is -2.08. The molecular weight excluding hydrogens is 512 g/mol. The molecule has 0 fully saturated rings. The molecule has 2 nitrogen and oxygen atoms in total. The Bertz CT molecular complexity index is 1460. The van der Waals surface area contributed by atoms with Crippen LogP contribution in [0.3, 0.4) is 0 Å². The third-order valence-corrected chi connectivity index (χ3v) is 7.05. The van der Waals surface area contributed by atoms with Crippen LogP contribution in [0.1, 0.15) is 60.8 Å². The Kier molecular flexibility index (Phi) is 9.71. The predicted molar refractivity (Wildman–Crippen MR) is 148 cm³/mol. The molecule has 0 aliphatic rings. The third kappa shape index (κ3) is 7.16. The molecule has 0 saturated carbocycles. The topological polar surface area (TPSA) is 47.6 Å². The standard InChI is InChI=1S/C34H28F4N2/c35-31-19-25(11-13-27(31)21-39)29-15-9-23(17-33(29)37)7-5-3-1-2-4-6-8-24-10-16-30(34(38)18-24)26-12-14-28(22-40)32(36)20-26/h9-20H,1-8H2. The first-order valence-corrected chi connectivity index (χ1v) is 13.4. The third-order valence-electron chi connectivity index (χ3n) is 7.05. The lowest BCUT2D eigenvalue weighted by atomic mass is 9.98. The maximum absolute atomic E-state index is 14.6. The van der Waals surface area contributed by atoms with Crippen molar-refractivity contribution in [2.45, 2.75) is 51.4 Å². The fourth-order valence-electron chi connectivity index (χ4n) is 4.81. The van der Waals surface area contributed by atoms with Crippen LogP contribution in [-0.2, 0) is 12.8 Å². The van der Waals surface area contributed by atoms with Gasteiger partial charge in [0, 0.05) is 11.1 Å². The highest BCUT2D eigenvalue weighted by atomic mass is 19.1. The summed E-state index contributed by atoms with van der Waals surface area (Å²) in [5, 5.41) is 17.7. The van der Waals surface area contributed by atoms with Gasteiger partial charge < -0.3 is 0 Å². The molecular formula is C34H28F4N2. The molecule has 0 N–H and O–H groups in total. The average molecular weight is 541 g/mol. The molecule has 4 aromatic rings. The van der Waals surface area contributed by atoms with Crippen LogP contribution in [0.4, 0.5) is 17.6 Å². The van der Waals surface area contributed by atoms with E-state index in [-0.39, 0.29) is 11.1 Å². The minimum absolute atomic E-state index is 0.0664. The Morgan fingerprint density at radius 2 is 0.850 bits per heavy atom. The van der Waals surface area contributed by atoms with E-state index in [1.54, 1.807) is 36.4 Å². The lowest BCUT2D eigenvalue weighted by Crippen LogP contribution is -1.93. The van der Waals surface area contributed by atoms with Gasteiger partial charge >= 0.3 is 0 Å². The van der Waals surface area contributed by atoms with Gasteiger partial charge in [-0.05, 0) is 84.3 Å². The van der Waals surface area contributed by atoms with Crippen LogP contribution >= 0.6 is 0 Å². The van der Waals surface area contributed by atoms with Crippen molar-refractivity contribution in [1.82, 2.24) is 0 Å². The summed E-state index contributed by atoms with van der Waals surface area (Å²) in [4.78, 5) is 0. The Morgan fingerprint density at radius 1 is 0.450 bits per heavy atom. The second kappa shape index (κ2) is 13.6. The van der Waals surface area contributed by atoms with Crippen molar-refractivity contribution in [3.8, 4) is 34.4 Å². The van der Waals surface area contributed by atoms with E-state index in [0.717, 1.165) is 62.5 Å². The molecule has 0 amide bonds. The summed E-state index contributed by atoms with van der Waals surface area (Å²) in [6.07, 6.45) is 7.55. The summed E-state index contributed by atoms with van der Waals surface area (Å²) in [6, 6.07) is 21.7. The first-order chi connectivity index (χ1) is 19.4. The van der Waals surface area contributed by atoms with E-state index in [1.807, 2.05) is 12.1 Å². The molecule has 4 rings (SSSR count).